The second kappa shape index (κ2) is 4.70. The zero-order valence-electron chi connectivity index (χ0n) is 7.59. The molecule has 0 spiro atoms. The number of furan rings is 1. The Labute approximate surface area is 82.3 Å². The van der Waals surface area contributed by atoms with Crippen LogP contribution in [-0.4, -0.2) is 5.33 Å². The fourth-order valence-electron chi connectivity index (χ4n) is 1.18. The topological polar surface area (TPSA) is 13.1 Å². The van der Waals surface area contributed by atoms with Gasteiger partial charge in [-0.05, 0) is 29.9 Å². The van der Waals surface area contributed by atoms with E-state index < -0.39 is 0 Å². The van der Waals surface area contributed by atoms with E-state index in [0.717, 1.165) is 17.7 Å². The van der Waals surface area contributed by atoms with Crippen molar-refractivity contribution in [2.75, 3.05) is 5.33 Å². The van der Waals surface area contributed by atoms with Gasteiger partial charge in [-0.3, -0.25) is 0 Å². The van der Waals surface area contributed by atoms with Crippen LogP contribution >= 0.6 is 15.9 Å². The lowest BCUT2D eigenvalue weighted by atomic mass is 9.92. The van der Waals surface area contributed by atoms with Crippen molar-refractivity contribution >= 4 is 15.9 Å². The Hall–Kier alpha value is -0.240. The molecule has 1 aromatic heterocycles. The monoisotopic (exact) mass is 230 g/mol. The molecule has 2 heteroatoms. The SMILES string of the molecule is CC(C)C(CBr)Cc1ccoc1. The van der Waals surface area contributed by atoms with Gasteiger partial charge in [0.25, 0.3) is 0 Å². The third-order valence-electron chi connectivity index (χ3n) is 2.22. The van der Waals surface area contributed by atoms with Crippen molar-refractivity contribution in [2.24, 2.45) is 11.8 Å². The van der Waals surface area contributed by atoms with Crippen molar-refractivity contribution in [3.05, 3.63) is 24.2 Å². The summed E-state index contributed by atoms with van der Waals surface area (Å²) < 4.78 is 5.02. The molecule has 0 aliphatic heterocycles. The summed E-state index contributed by atoms with van der Waals surface area (Å²) in [5.74, 6) is 1.43. The minimum absolute atomic E-state index is 0.711. The van der Waals surface area contributed by atoms with E-state index in [4.69, 9.17) is 4.42 Å². The molecule has 1 aromatic rings. The van der Waals surface area contributed by atoms with E-state index in [1.54, 1.807) is 6.26 Å². The molecule has 0 aliphatic carbocycles. The van der Waals surface area contributed by atoms with Gasteiger partial charge < -0.3 is 4.42 Å². The van der Waals surface area contributed by atoms with Gasteiger partial charge in [-0.25, -0.2) is 0 Å². The van der Waals surface area contributed by atoms with Crippen LogP contribution in [0.1, 0.15) is 19.4 Å². The van der Waals surface area contributed by atoms with Crippen LogP contribution in [0, 0.1) is 11.8 Å². The van der Waals surface area contributed by atoms with Crippen molar-refractivity contribution in [1.29, 1.82) is 0 Å². The average molecular weight is 231 g/mol. The van der Waals surface area contributed by atoms with E-state index in [1.165, 1.54) is 5.56 Å². The van der Waals surface area contributed by atoms with Crippen molar-refractivity contribution in [2.45, 2.75) is 20.3 Å². The lowest BCUT2D eigenvalue weighted by Crippen LogP contribution is -2.12. The highest BCUT2D eigenvalue weighted by atomic mass is 79.9. The van der Waals surface area contributed by atoms with Crippen molar-refractivity contribution in [1.82, 2.24) is 0 Å². The molecular weight excluding hydrogens is 216 g/mol. The summed E-state index contributed by atoms with van der Waals surface area (Å²) in [5, 5.41) is 1.07. The van der Waals surface area contributed by atoms with Crippen molar-refractivity contribution in [3.63, 3.8) is 0 Å². The third kappa shape index (κ3) is 2.67. The van der Waals surface area contributed by atoms with E-state index >= 15 is 0 Å². The van der Waals surface area contributed by atoms with E-state index in [-0.39, 0.29) is 0 Å². The van der Waals surface area contributed by atoms with Gasteiger partial charge in [-0.2, -0.15) is 0 Å². The number of rotatable bonds is 4. The predicted octanol–water partition coefficient (Wildman–Crippen LogP) is 3.49. The molecule has 1 unspecified atom stereocenters. The molecule has 0 N–H and O–H groups in total. The van der Waals surface area contributed by atoms with Crippen molar-refractivity contribution < 1.29 is 4.42 Å². The van der Waals surface area contributed by atoms with Gasteiger partial charge in [0.2, 0.25) is 0 Å². The van der Waals surface area contributed by atoms with Crippen LogP contribution in [0.15, 0.2) is 23.0 Å². The minimum atomic E-state index is 0.711. The van der Waals surface area contributed by atoms with Gasteiger partial charge in [-0.15, -0.1) is 0 Å². The zero-order chi connectivity index (χ0) is 8.97. The number of hydrogen-bond acceptors (Lipinski definition) is 1. The van der Waals surface area contributed by atoms with Gasteiger partial charge in [0.15, 0.2) is 0 Å². The van der Waals surface area contributed by atoms with Gasteiger partial charge in [-0.1, -0.05) is 29.8 Å². The predicted molar refractivity (Wildman–Crippen MR) is 54.5 cm³/mol. The molecule has 0 fully saturated rings. The van der Waals surface area contributed by atoms with Crippen LogP contribution < -0.4 is 0 Å². The highest BCUT2D eigenvalue weighted by Gasteiger charge is 2.12. The highest BCUT2D eigenvalue weighted by molar-refractivity contribution is 9.09. The van der Waals surface area contributed by atoms with Crippen LogP contribution in [0.2, 0.25) is 0 Å². The quantitative estimate of drug-likeness (QED) is 0.723. The first-order chi connectivity index (χ1) is 5.74. The van der Waals surface area contributed by atoms with Gasteiger partial charge >= 0.3 is 0 Å². The molecule has 12 heavy (non-hydrogen) atoms. The molecule has 0 amide bonds. The zero-order valence-corrected chi connectivity index (χ0v) is 9.17. The lowest BCUT2D eigenvalue weighted by Gasteiger charge is -2.16. The molecule has 0 bridgehead atoms. The minimum Gasteiger partial charge on any atom is -0.472 e. The van der Waals surface area contributed by atoms with E-state index in [0.29, 0.717) is 5.92 Å². The van der Waals surface area contributed by atoms with E-state index in [2.05, 4.69) is 29.8 Å². The molecule has 1 nitrogen and oxygen atoms in total. The summed E-state index contributed by atoms with van der Waals surface area (Å²) in [6.07, 6.45) is 4.68. The Bertz CT molecular complexity index is 204. The summed E-state index contributed by atoms with van der Waals surface area (Å²) in [6.45, 7) is 4.51. The molecule has 1 rings (SSSR count). The van der Waals surface area contributed by atoms with E-state index in [9.17, 15) is 0 Å². The Kier molecular flexibility index (Phi) is 3.86. The van der Waals surface area contributed by atoms with Crippen LogP contribution in [-0.2, 0) is 6.42 Å². The smallest absolute Gasteiger partial charge is 0.0934 e. The lowest BCUT2D eigenvalue weighted by molar-refractivity contribution is 0.425. The Balaban J connectivity index is 2.48. The molecular formula is C10H15BrO. The summed E-state index contributed by atoms with van der Waals surface area (Å²) in [5.41, 5.74) is 1.30. The molecule has 1 heterocycles. The Morgan fingerprint density at radius 1 is 1.50 bits per heavy atom. The first-order valence-electron chi connectivity index (χ1n) is 4.31. The fraction of sp³-hybridized carbons (Fsp3) is 0.600. The third-order valence-corrected chi connectivity index (χ3v) is 3.05. The summed E-state index contributed by atoms with van der Waals surface area (Å²) >= 11 is 3.53. The average Bonchev–Trinajstić information content (AvgIpc) is 2.51. The number of hydrogen-bond donors (Lipinski definition) is 0. The Morgan fingerprint density at radius 2 is 2.25 bits per heavy atom. The van der Waals surface area contributed by atoms with Gasteiger partial charge in [0.05, 0.1) is 12.5 Å². The maximum absolute atomic E-state index is 5.02. The summed E-state index contributed by atoms with van der Waals surface area (Å²) in [7, 11) is 0. The molecule has 1 atom stereocenters. The number of halogens is 1. The van der Waals surface area contributed by atoms with Crippen LogP contribution in [0.25, 0.3) is 0 Å². The molecule has 0 aromatic carbocycles. The fourth-order valence-corrected chi connectivity index (χ4v) is 2.16. The maximum atomic E-state index is 5.02. The van der Waals surface area contributed by atoms with Crippen LogP contribution in [0.5, 0.6) is 0 Å². The van der Waals surface area contributed by atoms with E-state index in [1.807, 2.05) is 12.3 Å². The normalized spacial score (nSPS) is 13.7. The summed E-state index contributed by atoms with van der Waals surface area (Å²) in [6, 6.07) is 2.04. The summed E-state index contributed by atoms with van der Waals surface area (Å²) in [4.78, 5) is 0. The second-order valence-corrected chi connectivity index (χ2v) is 4.14. The number of alkyl halides is 1. The first kappa shape index (κ1) is 9.85. The maximum Gasteiger partial charge on any atom is 0.0934 e. The molecule has 0 saturated carbocycles. The molecule has 0 saturated heterocycles. The van der Waals surface area contributed by atoms with Crippen LogP contribution in [0.3, 0.4) is 0 Å². The van der Waals surface area contributed by atoms with Gasteiger partial charge in [0, 0.05) is 5.33 Å². The molecule has 68 valence electrons. The second-order valence-electron chi connectivity index (χ2n) is 3.49. The molecule has 0 aliphatic rings. The first-order valence-corrected chi connectivity index (χ1v) is 5.43. The highest BCUT2D eigenvalue weighted by Crippen LogP contribution is 2.19. The van der Waals surface area contributed by atoms with Gasteiger partial charge in [0.1, 0.15) is 0 Å². The molecule has 0 radical (unpaired) electrons. The Morgan fingerprint density at radius 3 is 2.67 bits per heavy atom. The van der Waals surface area contributed by atoms with Crippen LogP contribution in [0.4, 0.5) is 0 Å². The van der Waals surface area contributed by atoms with Crippen molar-refractivity contribution in [3.8, 4) is 0 Å². The standard InChI is InChI=1S/C10H15BrO/c1-8(2)10(6-11)5-9-3-4-12-7-9/h3-4,7-8,10H,5-6H2,1-2H3. The largest absolute Gasteiger partial charge is 0.472 e.